The van der Waals surface area contributed by atoms with Gasteiger partial charge in [-0.05, 0) is 54.9 Å². The maximum atomic E-state index is 5.67. The van der Waals surface area contributed by atoms with Crippen LogP contribution in [0.25, 0.3) is 0 Å². The van der Waals surface area contributed by atoms with Gasteiger partial charge in [0.2, 0.25) is 0 Å². The number of ether oxygens (including phenoxy) is 1. The van der Waals surface area contributed by atoms with Crippen LogP contribution in [0.4, 0.5) is 5.69 Å². The van der Waals surface area contributed by atoms with E-state index in [-0.39, 0.29) is 0 Å². The van der Waals surface area contributed by atoms with Crippen molar-refractivity contribution in [2.75, 3.05) is 6.61 Å². The van der Waals surface area contributed by atoms with E-state index in [1.807, 2.05) is 30.3 Å². The van der Waals surface area contributed by atoms with Crippen molar-refractivity contribution in [3.63, 3.8) is 0 Å². The van der Waals surface area contributed by atoms with Gasteiger partial charge in [0.15, 0.2) is 0 Å². The number of thiocarbonyl (C=S) groups is 1. The lowest BCUT2D eigenvalue weighted by Gasteiger charge is -2.06. The summed E-state index contributed by atoms with van der Waals surface area (Å²) in [6, 6.07) is 18.0. The second-order valence-corrected chi connectivity index (χ2v) is 4.32. The molecule has 2 nitrogen and oxygen atoms in total. The first-order valence-corrected chi connectivity index (χ1v) is 6.64. The molecular weight excluding hydrogens is 254 g/mol. The Morgan fingerprint density at radius 1 is 1.00 bits per heavy atom. The van der Waals surface area contributed by atoms with E-state index < -0.39 is 0 Å². The highest BCUT2D eigenvalue weighted by atomic mass is 32.1. The lowest BCUT2D eigenvalue weighted by Crippen LogP contribution is -1.99. The average Bonchev–Trinajstić information content (AvgIpc) is 2.47. The van der Waals surface area contributed by atoms with Crippen molar-refractivity contribution in [2.24, 2.45) is 4.99 Å². The van der Waals surface area contributed by atoms with Crippen LogP contribution in [-0.2, 0) is 6.42 Å². The lowest BCUT2D eigenvalue weighted by molar-refractivity contribution is 0.311. The van der Waals surface area contributed by atoms with Crippen molar-refractivity contribution in [1.82, 2.24) is 0 Å². The predicted molar refractivity (Wildman–Crippen MR) is 81.4 cm³/mol. The summed E-state index contributed by atoms with van der Waals surface area (Å²) in [4.78, 5) is 3.89. The third-order valence-electron chi connectivity index (χ3n) is 2.73. The van der Waals surface area contributed by atoms with Gasteiger partial charge < -0.3 is 4.74 Å². The number of benzene rings is 2. The van der Waals surface area contributed by atoms with Gasteiger partial charge in [-0.3, -0.25) is 0 Å². The Kier molecular flexibility index (Phi) is 5.30. The molecule has 96 valence electrons. The summed E-state index contributed by atoms with van der Waals surface area (Å²) in [5.41, 5.74) is 2.14. The van der Waals surface area contributed by atoms with Crippen molar-refractivity contribution in [3.05, 3.63) is 60.2 Å². The molecule has 2 rings (SSSR count). The molecule has 0 bridgehead atoms. The minimum atomic E-state index is 0.713. The molecule has 0 unspecified atom stereocenters. The van der Waals surface area contributed by atoms with Gasteiger partial charge in [0.05, 0.1) is 17.5 Å². The van der Waals surface area contributed by atoms with E-state index in [2.05, 4.69) is 46.6 Å². The number of hydrogen-bond acceptors (Lipinski definition) is 3. The second kappa shape index (κ2) is 7.47. The third-order valence-corrected chi connectivity index (χ3v) is 2.82. The predicted octanol–water partition coefficient (Wildman–Crippen LogP) is 4.43. The summed E-state index contributed by atoms with van der Waals surface area (Å²) >= 11 is 4.55. The van der Waals surface area contributed by atoms with E-state index in [4.69, 9.17) is 4.74 Å². The van der Waals surface area contributed by atoms with Gasteiger partial charge in [-0.1, -0.05) is 30.3 Å². The van der Waals surface area contributed by atoms with Gasteiger partial charge in [0, 0.05) is 0 Å². The van der Waals surface area contributed by atoms with Crippen molar-refractivity contribution in [2.45, 2.75) is 12.8 Å². The van der Waals surface area contributed by atoms with Gasteiger partial charge in [-0.15, -0.1) is 0 Å². The zero-order valence-corrected chi connectivity index (χ0v) is 11.4. The lowest BCUT2D eigenvalue weighted by atomic mass is 10.1. The average molecular weight is 269 g/mol. The van der Waals surface area contributed by atoms with Gasteiger partial charge in [-0.2, -0.15) is 4.99 Å². The Balaban J connectivity index is 1.75. The zero-order chi connectivity index (χ0) is 13.3. The van der Waals surface area contributed by atoms with Crippen molar-refractivity contribution in [3.8, 4) is 5.75 Å². The van der Waals surface area contributed by atoms with Crippen LogP contribution in [0.1, 0.15) is 12.0 Å². The molecule has 0 amide bonds. The van der Waals surface area contributed by atoms with Crippen molar-refractivity contribution >= 4 is 23.1 Å². The molecule has 0 radical (unpaired) electrons. The molecule has 0 aliphatic rings. The Labute approximate surface area is 118 Å². The number of aryl methyl sites for hydroxylation is 1. The van der Waals surface area contributed by atoms with Crippen molar-refractivity contribution in [1.29, 1.82) is 0 Å². The maximum Gasteiger partial charge on any atom is 0.119 e. The minimum Gasteiger partial charge on any atom is -0.494 e. The molecule has 0 saturated carbocycles. The van der Waals surface area contributed by atoms with E-state index in [0.717, 1.165) is 24.3 Å². The van der Waals surface area contributed by atoms with Gasteiger partial charge in [0.25, 0.3) is 0 Å². The van der Waals surface area contributed by atoms with Crippen LogP contribution in [0.15, 0.2) is 59.6 Å². The molecule has 0 aromatic heterocycles. The molecule has 0 N–H and O–H groups in total. The van der Waals surface area contributed by atoms with E-state index in [9.17, 15) is 0 Å². The largest absolute Gasteiger partial charge is 0.494 e. The zero-order valence-electron chi connectivity index (χ0n) is 10.6. The van der Waals surface area contributed by atoms with Crippen LogP contribution >= 0.6 is 12.2 Å². The summed E-state index contributed by atoms with van der Waals surface area (Å²) < 4.78 is 5.67. The SMILES string of the molecule is S=C=Nc1ccc(OCCCc2ccccc2)cc1. The number of hydrogen-bond donors (Lipinski definition) is 0. The molecule has 3 heteroatoms. The number of nitrogens with zero attached hydrogens (tertiary/aromatic N) is 1. The number of rotatable bonds is 6. The van der Waals surface area contributed by atoms with Crippen molar-refractivity contribution < 1.29 is 4.74 Å². The standard InChI is InChI=1S/C16H15NOS/c19-13-17-15-8-10-16(11-9-15)18-12-4-7-14-5-2-1-3-6-14/h1-3,5-6,8-11H,4,7,12H2. The van der Waals surface area contributed by atoms with Crippen LogP contribution in [0.3, 0.4) is 0 Å². The highest BCUT2D eigenvalue weighted by molar-refractivity contribution is 7.78. The molecule has 2 aromatic rings. The highest BCUT2D eigenvalue weighted by Gasteiger charge is 1.96. The fourth-order valence-electron chi connectivity index (χ4n) is 1.78. The van der Waals surface area contributed by atoms with Crippen LogP contribution in [-0.4, -0.2) is 11.8 Å². The molecule has 0 aliphatic carbocycles. The van der Waals surface area contributed by atoms with E-state index >= 15 is 0 Å². The van der Waals surface area contributed by atoms with Gasteiger partial charge in [0.1, 0.15) is 5.75 Å². The third kappa shape index (κ3) is 4.66. The quantitative estimate of drug-likeness (QED) is 0.439. The maximum absolute atomic E-state index is 5.67. The fraction of sp³-hybridized carbons (Fsp3) is 0.188. The highest BCUT2D eigenvalue weighted by Crippen LogP contribution is 2.17. The molecule has 0 fully saturated rings. The Bertz CT molecular complexity index is 545. The monoisotopic (exact) mass is 269 g/mol. The first kappa shape index (κ1) is 13.5. The second-order valence-electron chi connectivity index (χ2n) is 4.13. The normalized spacial score (nSPS) is 9.68. The first-order valence-electron chi connectivity index (χ1n) is 6.23. The smallest absolute Gasteiger partial charge is 0.119 e. The van der Waals surface area contributed by atoms with Crippen LogP contribution in [0, 0.1) is 0 Å². The topological polar surface area (TPSA) is 21.6 Å². The van der Waals surface area contributed by atoms with Crippen LogP contribution in [0.2, 0.25) is 0 Å². The summed E-state index contributed by atoms with van der Waals surface area (Å²) in [6.45, 7) is 0.713. The number of isothiocyanates is 1. The number of aliphatic imine (C=N–C) groups is 1. The Hall–Kier alpha value is -1.96. The van der Waals surface area contributed by atoms with Crippen LogP contribution < -0.4 is 4.74 Å². The first-order chi connectivity index (χ1) is 9.38. The summed E-state index contributed by atoms with van der Waals surface area (Å²) in [7, 11) is 0. The summed E-state index contributed by atoms with van der Waals surface area (Å²) in [6.07, 6.45) is 2.04. The van der Waals surface area contributed by atoms with Crippen LogP contribution in [0.5, 0.6) is 5.75 Å². The Morgan fingerprint density at radius 2 is 1.74 bits per heavy atom. The Morgan fingerprint density at radius 3 is 2.42 bits per heavy atom. The van der Waals surface area contributed by atoms with E-state index in [1.54, 1.807) is 0 Å². The van der Waals surface area contributed by atoms with Gasteiger partial charge >= 0.3 is 0 Å². The minimum absolute atomic E-state index is 0.713. The fourth-order valence-corrected chi connectivity index (χ4v) is 1.89. The molecule has 2 aromatic carbocycles. The molecule has 0 saturated heterocycles. The van der Waals surface area contributed by atoms with E-state index in [1.165, 1.54) is 5.56 Å². The molecule has 0 atom stereocenters. The molecule has 0 spiro atoms. The molecule has 19 heavy (non-hydrogen) atoms. The molecule has 0 heterocycles. The summed E-state index contributed by atoms with van der Waals surface area (Å²) in [5.74, 6) is 0.858. The summed E-state index contributed by atoms with van der Waals surface area (Å²) in [5, 5.41) is 2.34. The molecule has 0 aliphatic heterocycles. The van der Waals surface area contributed by atoms with Gasteiger partial charge in [-0.25, -0.2) is 0 Å². The van der Waals surface area contributed by atoms with E-state index in [0.29, 0.717) is 6.61 Å². The molecular formula is C16H15NOS.